The molecular formula is C10H22N2O4S2. The molecule has 0 aliphatic carbocycles. The number of ether oxygens (including phenoxy) is 3. The van der Waals surface area contributed by atoms with Crippen molar-refractivity contribution in [3.05, 3.63) is 0 Å². The van der Waals surface area contributed by atoms with Crippen LogP contribution in [0.2, 0.25) is 0 Å². The van der Waals surface area contributed by atoms with Crippen molar-refractivity contribution in [2.24, 2.45) is 11.5 Å². The molecule has 0 aromatic rings. The van der Waals surface area contributed by atoms with Gasteiger partial charge in [-0.2, -0.15) is 0 Å². The van der Waals surface area contributed by atoms with E-state index in [1.165, 1.54) is 0 Å². The van der Waals surface area contributed by atoms with Gasteiger partial charge in [0.1, 0.15) is 0 Å². The van der Waals surface area contributed by atoms with E-state index in [1.807, 2.05) is 20.8 Å². The predicted octanol–water partition coefficient (Wildman–Crippen LogP) is 1.77. The lowest BCUT2D eigenvalue weighted by molar-refractivity contribution is -0.350. The van der Waals surface area contributed by atoms with Crippen LogP contribution in [-0.4, -0.2) is 29.6 Å². The first kappa shape index (κ1) is 19.8. The third-order valence-corrected chi connectivity index (χ3v) is 1.62. The van der Waals surface area contributed by atoms with Crippen molar-refractivity contribution < 1.29 is 19.0 Å². The third-order valence-electron chi connectivity index (χ3n) is 1.54. The molecule has 18 heavy (non-hydrogen) atoms. The van der Waals surface area contributed by atoms with Crippen LogP contribution in [0, 0.1) is 0 Å². The van der Waals surface area contributed by atoms with Gasteiger partial charge in [-0.1, -0.05) is 19.6 Å². The molecule has 0 spiro atoms. The second-order valence-corrected chi connectivity index (χ2v) is 3.90. The zero-order chi connectivity index (χ0) is 14.6. The standard InChI is InChI=1S/C9H19NO3S.CH3NOS/c1-4-7-9(11-5-2,12-6-3)13-8(10)14;2-1(3)4/h4-7H2,1-3H3,(H2,10,14);(H3,2,3,4). The van der Waals surface area contributed by atoms with E-state index in [1.54, 1.807) is 0 Å². The largest absolute Gasteiger partial charge is 0.414 e. The number of thiol groups is 1. The molecule has 0 radical (unpaired) electrons. The van der Waals surface area contributed by atoms with E-state index in [-0.39, 0.29) is 5.17 Å². The molecule has 4 N–H and O–H groups in total. The normalized spacial score (nSPS) is 10.2. The number of amides is 1. The summed E-state index contributed by atoms with van der Waals surface area (Å²) in [5.74, 6) is -1.09. The lowest BCUT2D eigenvalue weighted by Crippen LogP contribution is -2.42. The monoisotopic (exact) mass is 298 g/mol. The minimum absolute atomic E-state index is 0.0552. The molecule has 0 unspecified atom stereocenters. The fourth-order valence-corrected chi connectivity index (χ4v) is 1.32. The summed E-state index contributed by atoms with van der Waals surface area (Å²) in [5.41, 5.74) is 9.66. The molecule has 6 nitrogen and oxygen atoms in total. The Kier molecular flexibility index (Phi) is 12.6. The first-order valence-electron chi connectivity index (χ1n) is 5.58. The van der Waals surface area contributed by atoms with E-state index < -0.39 is 11.2 Å². The van der Waals surface area contributed by atoms with Crippen molar-refractivity contribution in [3.8, 4) is 0 Å². The Balaban J connectivity index is 0. The van der Waals surface area contributed by atoms with Crippen LogP contribution in [0.15, 0.2) is 0 Å². The SMILES string of the molecule is CCCC(OCC)(OCC)OC(N)=S.NC(=O)S. The van der Waals surface area contributed by atoms with E-state index in [4.69, 9.17) is 24.7 Å². The maximum atomic E-state index is 9.09. The molecule has 0 atom stereocenters. The van der Waals surface area contributed by atoms with Gasteiger partial charge in [-0.25, -0.2) is 0 Å². The van der Waals surface area contributed by atoms with Crippen molar-refractivity contribution >= 4 is 35.3 Å². The van der Waals surface area contributed by atoms with Gasteiger partial charge in [-0.3, -0.25) is 4.79 Å². The number of primary amides is 1. The minimum Gasteiger partial charge on any atom is -0.414 e. The molecule has 0 aromatic heterocycles. The topological polar surface area (TPSA) is 96.8 Å². The highest BCUT2D eigenvalue weighted by molar-refractivity contribution is 7.96. The van der Waals surface area contributed by atoms with Crippen LogP contribution in [0.4, 0.5) is 4.79 Å². The summed E-state index contributed by atoms with van der Waals surface area (Å²) in [6.45, 7) is 6.72. The highest BCUT2D eigenvalue weighted by atomic mass is 32.1. The zero-order valence-electron chi connectivity index (χ0n) is 11.0. The number of hydrogen-bond donors (Lipinski definition) is 3. The Bertz CT molecular complexity index is 231. The molecule has 0 rings (SSSR count). The number of carbonyl (C=O) groups excluding carboxylic acids is 1. The Morgan fingerprint density at radius 3 is 1.83 bits per heavy atom. The molecule has 0 saturated heterocycles. The smallest absolute Gasteiger partial charge is 0.328 e. The molecular weight excluding hydrogens is 276 g/mol. The highest BCUT2D eigenvalue weighted by Gasteiger charge is 2.33. The first-order valence-corrected chi connectivity index (χ1v) is 6.43. The lowest BCUT2D eigenvalue weighted by atomic mass is 10.3. The van der Waals surface area contributed by atoms with Crippen molar-refractivity contribution in [1.82, 2.24) is 0 Å². The summed E-state index contributed by atoms with van der Waals surface area (Å²) >= 11 is 7.79. The number of thiocarbonyl (C=S) groups is 1. The summed E-state index contributed by atoms with van der Waals surface area (Å²) < 4.78 is 16.0. The maximum Gasteiger partial charge on any atom is 0.328 e. The Labute approximate surface area is 119 Å². The quantitative estimate of drug-likeness (QED) is 0.376. The van der Waals surface area contributed by atoms with Gasteiger partial charge < -0.3 is 25.7 Å². The Morgan fingerprint density at radius 2 is 1.61 bits per heavy atom. The highest BCUT2D eigenvalue weighted by Crippen LogP contribution is 2.21. The molecule has 0 fully saturated rings. The fourth-order valence-electron chi connectivity index (χ4n) is 1.20. The van der Waals surface area contributed by atoms with Gasteiger partial charge in [0.05, 0.1) is 13.2 Å². The van der Waals surface area contributed by atoms with E-state index >= 15 is 0 Å². The van der Waals surface area contributed by atoms with Gasteiger partial charge >= 0.3 is 5.97 Å². The van der Waals surface area contributed by atoms with Gasteiger partial charge in [0.2, 0.25) is 0 Å². The predicted molar refractivity (Wildman–Crippen MR) is 77.3 cm³/mol. The van der Waals surface area contributed by atoms with Crippen LogP contribution in [-0.2, 0) is 14.2 Å². The van der Waals surface area contributed by atoms with Gasteiger partial charge in [0, 0.05) is 6.42 Å². The Morgan fingerprint density at radius 1 is 1.22 bits per heavy atom. The summed E-state index contributed by atoms with van der Waals surface area (Å²) in [5, 5.41) is -0.694. The number of hydrogen-bond acceptors (Lipinski definition) is 5. The molecule has 0 saturated carbocycles. The van der Waals surface area contributed by atoms with Crippen LogP contribution in [0.25, 0.3) is 0 Å². The molecule has 0 aromatic carbocycles. The lowest BCUT2D eigenvalue weighted by Gasteiger charge is -2.31. The van der Waals surface area contributed by atoms with Crippen LogP contribution < -0.4 is 11.5 Å². The van der Waals surface area contributed by atoms with E-state index in [0.29, 0.717) is 19.6 Å². The molecule has 0 heterocycles. The number of carbonyl (C=O) groups is 1. The average Bonchev–Trinajstić information content (AvgIpc) is 2.16. The number of nitrogens with two attached hydrogens (primary N) is 2. The third kappa shape index (κ3) is 11.9. The minimum atomic E-state index is -1.09. The van der Waals surface area contributed by atoms with Crippen LogP contribution in [0.1, 0.15) is 33.6 Å². The molecule has 0 aliphatic heterocycles. The molecule has 0 aliphatic rings. The van der Waals surface area contributed by atoms with Gasteiger partial charge in [-0.05, 0) is 32.5 Å². The fraction of sp³-hybridized carbons (Fsp3) is 0.800. The van der Waals surface area contributed by atoms with Crippen LogP contribution in [0.5, 0.6) is 0 Å². The van der Waals surface area contributed by atoms with Crippen molar-refractivity contribution in [2.45, 2.75) is 39.6 Å². The molecule has 0 bridgehead atoms. The first-order chi connectivity index (χ1) is 8.33. The van der Waals surface area contributed by atoms with E-state index in [9.17, 15) is 0 Å². The summed E-state index contributed by atoms with van der Waals surface area (Å²) in [6, 6.07) is 0. The molecule has 8 heteroatoms. The second kappa shape index (κ2) is 11.5. The van der Waals surface area contributed by atoms with Gasteiger partial charge in [0.15, 0.2) is 0 Å². The van der Waals surface area contributed by atoms with Crippen molar-refractivity contribution in [1.29, 1.82) is 0 Å². The summed E-state index contributed by atoms with van der Waals surface area (Å²) in [7, 11) is 0. The summed E-state index contributed by atoms with van der Waals surface area (Å²) in [6.07, 6.45) is 1.47. The van der Waals surface area contributed by atoms with E-state index in [0.717, 1.165) is 6.42 Å². The zero-order valence-corrected chi connectivity index (χ0v) is 12.7. The second-order valence-electron chi connectivity index (χ2n) is 3.06. The summed E-state index contributed by atoms with van der Waals surface area (Å²) in [4.78, 5) is 9.09. The maximum absolute atomic E-state index is 9.09. The molecule has 108 valence electrons. The Hall–Kier alpha value is -0.570. The van der Waals surface area contributed by atoms with Crippen molar-refractivity contribution in [2.75, 3.05) is 13.2 Å². The average molecular weight is 298 g/mol. The molecule has 1 amide bonds. The van der Waals surface area contributed by atoms with Crippen LogP contribution >= 0.6 is 24.8 Å². The van der Waals surface area contributed by atoms with Crippen molar-refractivity contribution in [3.63, 3.8) is 0 Å². The van der Waals surface area contributed by atoms with Crippen LogP contribution in [0.3, 0.4) is 0 Å². The van der Waals surface area contributed by atoms with E-state index in [2.05, 4.69) is 30.6 Å². The van der Waals surface area contributed by atoms with Gasteiger partial charge in [-0.15, -0.1) is 0 Å². The van der Waals surface area contributed by atoms with Gasteiger partial charge in [0.25, 0.3) is 10.4 Å². The number of rotatable bonds is 7.